The molecular formula is C18H27ClN2O3. The summed E-state index contributed by atoms with van der Waals surface area (Å²) in [5.74, 6) is 1.36. The zero-order valence-corrected chi connectivity index (χ0v) is 15.8. The molecule has 3 N–H and O–H groups in total. The Hall–Kier alpha value is -1.72. The highest BCUT2D eigenvalue weighted by atomic mass is 35.5. The van der Waals surface area contributed by atoms with E-state index in [9.17, 15) is 4.79 Å². The molecule has 0 aliphatic rings. The highest BCUT2D eigenvalue weighted by Crippen LogP contribution is 2.32. The monoisotopic (exact) mass is 354 g/mol. The predicted octanol–water partition coefficient (Wildman–Crippen LogP) is 3.87. The second kappa shape index (κ2) is 7.90. The summed E-state index contributed by atoms with van der Waals surface area (Å²) in [4.78, 5) is 12.4. The highest BCUT2D eigenvalue weighted by Gasteiger charge is 2.29. The molecule has 1 aromatic heterocycles. The van der Waals surface area contributed by atoms with Gasteiger partial charge in [0, 0.05) is 10.9 Å². The molecule has 0 aliphatic heterocycles. The van der Waals surface area contributed by atoms with Gasteiger partial charge in [0.25, 0.3) is 0 Å². The molecular weight excluding hydrogens is 328 g/mol. The van der Waals surface area contributed by atoms with Crippen LogP contribution >= 0.6 is 12.4 Å². The van der Waals surface area contributed by atoms with Crippen LogP contribution in [0.5, 0.6) is 5.75 Å². The number of carbonyl (C=O) groups is 1. The van der Waals surface area contributed by atoms with Gasteiger partial charge >= 0.3 is 0 Å². The number of carbonyl (C=O) groups excluding carboxylic acids is 1. The quantitative estimate of drug-likeness (QED) is 0.825. The normalized spacial score (nSPS) is 14.6. The summed E-state index contributed by atoms with van der Waals surface area (Å²) in [6.45, 7) is 7.66. The lowest BCUT2D eigenvalue weighted by Gasteiger charge is -2.25. The summed E-state index contributed by atoms with van der Waals surface area (Å²) in [5, 5.41) is 3.95. The number of nitrogens with one attached hydrogen (secondary N) is 1. The fourth-order valence-corrected chi connectivity index (χ4v) is 2.82. The van der Waals surface area contributed by atoms with Crippen LogP contribution in [-0.4, -0.2) is 18.6 Å². The number of furan rings is 1. The number of nitrogens with two attached hydrogens (primary N) is 1. The summed E-state index contributed by atoms with van der Waals surface area (Å²) in [6.07, 6.45) is 1.50. The Balaban J connectivity index is 0.00000288. The molecule has 1 amide bonds. The molecule has 0 bridgehead atoms. The topological polar surface area (TPSA) is 77.5 Å². The fourth-order valence-electron chi connectivity index (χ4n) is 2.82. The molecule has 0 radical (unpaired) electrons. The van der Waals surface area contributed by atoms with Crippen molar-refractivity contribution in [3.05, 3.63) is 29.5 Å². The van der Waals surface area contributed by atoms with E-state index in [4.69, 9.17) is 14.9 Å². The van der Waals surface area contributed by atoms with Crippen LogP contribution in [0.3, 0.4) is 0 Å². The molecule has 0 aliphatic carbocycles. The second-order valence-corrected chi connectivity index (χ2v) is 6.32. The number of amides is 1. The molecule has 5 nitrogen and oxygen atoms in total. The van der Waals surface area contributed by atoms with E-state index in [1.807, 2.05) is 39.0 Å². The first-order valence-corrected chi connectivity index (χ1v) is 7.97. The minimum Gasteiger partial charge on any atom is -0.497 e. The molecule has 24 heavy (non-hydrogen) atoms. The van der Waals surface area contributed by atoms with Crippen LogP contribution in [0.1, 0.15) is 51.0 Å². The fraction of sp³-hybridized carbons (Fsp3) is 0.500. The van der Waals surface area contributed by atoms with E-state index in [-0.39, 0.29) is 24.4 Å². The predicted molar refractivity (Wildman–Crippen MR) is 98.8 cm³/mol. The molecule has 2 atom stereocenters. The average molecular weight is 355 g/mol. The standard InChI is InChI=1S/C18H26N2O3.ClH/c1-6-9-18(4,19)17(21)20-12(3)16-11(2)14-10-13(22-5)7-8-15(14)23-16;/h7-8,10,12H,6,9,19H2,1-5H3,(H,20,21);1H. The SMILES string of the molecule is CCCC(C)(N)C(=O)NC(C)c1oc2ccc(OC)cc2c1C.Cl. The van der Waals surface area contributed by atoms with Crippen molar-refractivity contribution in [3.8, 4) is 5.75 Å². The van der Waals surface area contributed by atoms with Crippen LogP contribution in [0.2, 0.25) is 0 Å². The number of ether oxygens (including phenoxy) is 1. The van der Waals surface area contributed by atoms with Gasteiger partial charge in [0.15, 0.2) is 0 Å². The largest absolute Gasteiger partial charge is 0.497 e. The molecule has 134 valence electrons. The maximum atomic E-state index is 12.4. The number of aryl methyl sites for hydroxylation is 1. The van der Waals surface area contributed by atoms with Crippen molar-refractivity contribution in [1.29, 1.82) is 0 Å². The van der Waals surface area contributed by atoms with E-state index in [2.05, 4.69) is 5.32 Å². The van der Waals surface area contributed by atoms with Gasteiger partial charge in [0.1, 0.15) is 17.1 Å². The average Bonchev–Trinajstić information content (AvgIpc) is 2.83. The van der Waals surface area contributed by atoms with Gasteiger partial charge in [-0.2, -0.15) is 0 Å². The number of benzene rings is 1. The van der Waals surface area contributed by atoms with Crippen LogP contribution in [0.4, 0.5) is 0 Å². The van der Waals surface area contributed by atoms with Crippen molar-refractivity contribution < 1.29 is 13.9 Å². The van der Waals surface area contributed by atoms with Crippen LogP contribution in [0, 0.1) is 6.92 Å². The highest BCUT2D eigenvalue weighted by molar-refractivity contribution is 5.87. The van der Waals surface area contributed by atoms with Crippen molar-refractivity contribution in [2.45, 2.75) is 52.1 Å². The number of halogens is 1. The van der Waals surface area contributed by atoms with Gasteiger partial charge in [-0.05, 0) is 45.4 Å². The van der Waals surface area contributed by atoms with E-state index in [1.165, 1.54) is 0 Å². The molecule has 1 heterocycles. The van der Waals surface area contributed by atoms with Crippen molar-refractivity contribution >= 4 is 29.3 Å². The van der Waals surface area contributed by atoms with Crippen molar-refractivity contribution in [2.24, 2.45) is 5.73 Å². The van der Waals surface area contributed by atoms with Gasteiger partial charge in [-0.3, -0.25) is 4.79 Å². The molecule has 6 heteroatoms. The first-order valence-electron chi connectivity index (χ1n) is 7.97. The Kier molecular flexibility index (Phi) is 6.69. The number of methoxy groups -OCH3 is 1. The molecule has 0 saturated carbocycles. The lowest BCUT2D eigenvalue weighted by molar-refractivity contribution is -0.126. The van der Waals surface area contributed by atoms with E-state index in [0.29, 0.717) is 6.42 Å². The molecule has 0 spiro atoms. The van der Waals surface area contributed by atoms with E-state index >= 15 is 0 Å². The van der Waals surface area contributed by atoms with Gasteiger partial charge in [0.2, 0.25) is 5.91 Å². The number of rotatable bonds is 6. The van der Waals surface area contributed by atoms with Crippen LogP contribution in [-0.2, 0) is 4.79 Å². The summed E-state index contributed by atoms with van der Waals surface area (Å²) in [7, 11) is 1.64. The van der Waals surface area contributed by atoms with E-state index in [1.54, 1.807) is 14.0 Å². The van der Waals surface area contributed by atoms with Crippen molar-refractivity contribution in [3.63, 3.8) is 0 Å². The smallest absolute Gasteiger partial charge is 0.240 e. The molecule has 2 rings (SSSR count). The minimum atomic E-state index is -0.869. The zero-order valence-electron chi connectivity index (χ0n) is 14.9. The summed E-state index contributed by atoms with van der Waals surface area (Å²) in [6, 6.07) is 5.43. The van der Waals surface area contributed by atoms with Crippen LogP contribution < -0.4 is 15.8 Å². The lowest BCUT2D eigenvalue weighted by Crippen LogP contribution is -2.52. The van der Waals surface area contributed by atoms with Crippen LogP contribution in [0.15, 0.2) is 22.6 Å². The Morgan fingerprint density at radius 2 is 2.12 bits per heavy atom. The third kappa shape index (κ3) is 4.02. The summed E-state index contributed by atoms with van der Waals surface area (Å²) >= 11 is 0. The first-order chi connectivity index (χ1) is 10.8. The third-order valence-corrected chi connectivity index (χ3v) is 4.21. The second-order valence-electron chi connectivity index (χ2n) is 6.32. The van der Waals surface area contributed by atoms with Gasteiger partial charge < -0.3 is 20.2 Å². The van der Waals surface area contributed by atoms with Crippen molar-refractivity contribution in [1.82, 2.24) is 5.32 Å². The van der Waals surface area contributed by atoms with Gasteiger partial charge in [-0.25, -0.2) is 0 Å². The van der Waals surface area contributed by atoms with E-state index in [0.717, 1.165) is 34.5 Å². The van der Waals surface area contributed by atoms with Crippen molar-refractivity contribution in [2.75, 3.05) is 7.11 Å². The third-order valence-electron chi connectivity index (χ3n) is 4.21. The van der Waals surface area contributed by atoms with Gasteiger partial charge in [0.05, 0.1) is 18.7 Å². The number of hydrogen-bond acceptors (Lipinski definition) is 4. The maximum Gasteiger partial charge on any atom is 0.240 e. The molecule has 0 saturated heterocycles. The van der Waals surface area contributed by atoms with Crippen LogP contribution in [0.25, 0.3) is 11.0 Å². The Morgan fingerprint density at radius 1 is 1.46 bits per heavy atom. The Bertz CT molecular complexity index is 710. The van der Waals surface area contributed by atoms with E-state index < -0.39 is 5.54 Å². The minimum absolute atomic E-state index is 0. The first kappa shape index (κ1) is 20.3. The maximum absolute atomic E-state index is 12.4. The molecule has 1 aromatic carbocycles. The van der Waals surface area contributed by atoms with Gasteiger partial charge in [-0.1, -0.05) is 13.3 Å². The molecule has 0 fully saturated rings. The summed E-state index contributed by atoms with van der Waals surface area (Å²) in [5.41, 5.74) is 7.00. The summed E-state index contributed by atoms with van der Waals surface area (Å²) < 4.78 is 11.2. The molecule has 2 aromatic rings. The zero-order chi connectivity index (χ0) is 17.2. The Morgan fingerprint density at radius 3 is 2.71 bits per heavy atom. The van der Waals surface area contributed by atoms with Gasteiger partial charge in [-0.15, -0.1) is 12.4 Å². The number of fused-ring (bicyclic) bond motifs is 1. The Labute approximate surface area is 149 Å². The number of hydrogen-bond donors (Lipinski definition) is 2. The lowest BCUT2D eigenvalue weighted by atomic mass is 9.96. The molecule has 2 unspecified atom stereocenters.